The molecule has 0 spiro atoms. The zero-order chi connectivity index (χ0) is 17.0. The van der Waals surface area contributed by atoms with Crippen molar-refractivity contribution in [2.75, 3.05) is 7.11 Å². The quantitative estimate of drug-likeness (QED) is 0.268. The molecule has 0 aliphatic carbocycles. The highest BCUT2D eigenvalue weighted by molar-refractivity contribution is 5.68. The average molecular weight is 328 g/mol. The fourth-order valence-electron chi connectivity index (χ4n) is 3.11. The molecule has 0 amide bonds. The van der Waals surface area contributed by atoms with Gasteiger partial charge in [-0.2, -0.15) is 0 Å². The second-order valence-electron chi connectivity index (χ2n) is 6.85. The van der Waals surface area contributed by atoms with Crippen LogP contribution in [0.25, 0.3) is 0 Å². The number of rotatable bonds is 15. The summed E-state index contributed by atoms with van der Waals surface area (Å²) in [6, 6.07) is 0. The van der Waals surface area contributed by atoms with Gasteiger partial charge in [0.05, 0.1) is 7.11 Å². The van der Waals surface area contributed by atoms with E-state index in [9.17, 15) is 9.90 Å². The minimum atomic E-state index is -0.783. The highest BCUT2D eigenvalue weighted by Crippen LogP contribution is 2.41. The number of unbranched alkanes of at least 4 members (excludes halogenated alkanes) is 9. The van der Waals surface area contributed by atoms with Crippen molar-refractivity contribution in [2.24, 2.45) is 0 Å². The van der Waals surface area contributed by atoms with Gasteiger partial charge in [-0.1, -0.05) is 64.7 Å². The van der Waals surface area contributed by atoms with Crippen LogP contribution in [0.15, 0.2) is 0 Å². The van der Waals surface area contributed by atoms with Crippen LogP contribution < -0.4 is 0 Å². The van der Waals surface area contributed by atoms with E-state index in [1.807, 2.05) is 0 Å². The van der Waals surface area contributed by atoms with Gasteiger partial charge in [-0.3, -0.25) is 4.79 Å². The summed E-state index contributed by atoms with van der Waals surface area (Å²) in [6.45, 7) is 2.18. The monoisotopic (exact) mass is 328 g/mol. The Labute approximate surface area is 141 Å². The molecule has 4 heteroatoms. The van der Waals surface area contributed by atoms with E-state index < -0.39 is 5.79 Å². The van der Waals surface area contributed by atoms with Crippen LogP contribution >= 0.6 is 0 Å². The van der Waals surface area contributed by atoms with Crippen LogP contribution in [0.1, 0.15) is 96.8 Å². The first-order valence-electron chi connectivity index (χ1n) is 9.59. The Morgan fingerprint density at radius 3 is 2.22 bits per heavy atom. The van der Waals surface area contributed by atoms with E-state index >= 15 is 0 Å². The van der Waals surface area contributed by atoms with Crippen molar-refractivity contribution in [1.29, 1.82) is 0 Å². The van der Waals surface area contributed by atoms with Crippen molar-refractivity contribution >= 4 is 5.97 Å². The lowest BCUT2D eigenvalue weighted by Crippen LogP contribution is -2.13. The Morgan fingerprint density at radius 1 is 1.00 bits per heavy atom. The molecule has 1 heterocycles. The lowest BCUT2D eigenvalue weighted by atomic mass is 10.0. The molecule has 0 radical (unpaired) electrons. The Hall–Kier alpha value is -0.610. The summed E-state index contributed by atoms with van der Waals surface area (Å²) in [7, 11) is 1.45. The lowest BCUT2D eigenvalue weighted by Gasteiger charge is -2.05. The van der Waals surface area contributed by atoms with E-state index in [2.05, 4.69) is 11.7 Å². The van der Waals surface area contributed by atoms with Gasteiger partial charge in [-0.15, -0.1) is 0 Å². The molecule has 1 rings (SSSR count). The van der Waals surface area contributed by atoms with Gasteiger partial charge < -0.3 is 14.6 Å². The number of carbonyl (C=O) groups is 1. The van der Waals surface area contributed by atoms with Crippen molar-refractivity contribution in [3.8, 4) is 0 Å². The van der Waals surface area contributed by atoms with Gasteiger partial charge in [0.25, 0.3) is 0 Å². The Morgan fingerprint density at radius 2 is 1.61 bits per heavy atom. The smallest absolute Gasteiger partial charge is 0.305 e. The summed E-state index contributed by atoms with van der Waals surface area (Å²) in [4.78, 5) is 10.9. The molecule has 1 aliphatic rings. The number of aliphatic hydroxyl groups is 1. The van der Waals surface area contributed by atoms with Gasteiger partial charge >= 0.3 is 5.97 Å². The van der Waals surface area contributed by atoms with Gasteiger partial charge in [-0.25, -0.2) is 0 Å². The Balaban J connectivity index is 1.81. The third-order valence-electron chi connectivity index (χ3n) is 4.76. The van der Waals surface area contributed by atoms with Crippen molar-refractivity contribution < 1.29 is 19.4 Å². The highest BCUT2D eigenvalue weighted by Gasteiger charge is 2.53. The van der Waals surface area contributed by atoms with Gasteiger partial charge in [0, 0.05) is 12.8 Å². The number of carbonyl (C=O) groups excluding carboxylic acids is 1. The third-order valence-corrected chi connectivity index (χ3v) is 4.76. The summed E-state index contributed by atoms with van der Waals surface area (Å²) in [6.07, 6.45) is 15.3. The zero-order valence-corrected chi connectivity index (χ0v) is 15.1. The lowest BCUT2D eigenvalue weighted by molar-refractivity contribution is -0.140. The molecule has 1 saturated heterocycles. The van der Waals surface area contributed by atoms with E-state index in [4.69, 9.17) is 4.74 Å². The van der Waals surface area contributed by atoms with E-state index in [1.54, 1.807) is 0 Å². The summed E-state index contributed by atoms with van der Waals surface area (Å²) in [5, 5.41) is 10.1. The minimum Gasteiger partial charge on any atom is -0.469 e. The van der Waals surface area contributed by atoms with Crippen molar-refractivity contribution in [2.45, 2.75) is 109 Å². The molecule has 0 aromatic heterocycles. The number of epoxide rings is 1. The average Bonchev–Trinajstić information content (AvgIpc) is 3.19. The fraction of sp³-hybridized carbons (Fsp3) is 0.947. The second-order valence-corrected chi connectivity index (χ2v) is 6.85. The van der Waals surface area contributed by atoms with Gasteiger partial charge in [0.1, 0.15) is 6.10 Å². The van der Waals surface area contributed by atoms with Crippen LogP contribution in [0.4, 0.5) is 0 Å². The molecule has 136 valence electrons. The Bertz CT molecular complexity index is 318. The van der Waals surface area contributed by atoms with E-state index in [1.165, 1.54) is 52.1 Å². The number of esters is 1. The summed E-state index contributed by atoms with van der Waals surface area (Å²) in [5.41, 5.74) is 0. The topological polar surface area (TPSA) is 59.1 Å². The predicted molar refractivity (Wildman–Crippen MR) is 92.2 cm³/mol. The molecule has 0 bridgehead atoms. The largest absolute Gasteiger partial charge is 0.469 e. The summed E-state index contributed by atoms with van der Waals surface area (Å²) in [5.74, 6) is -0.878. The van der Waals surface area contributed by atoms with Crippen molar-refractivity contribution in [3.05, 3.63) is 0 Å². The molecule has 1 aliphatic heterocycles. The molecular formula is C19H36O4. The first-order chi connectivity index (χ1) is 11.1. The van der Waals surface area contributed by atoms with Gasteiger partial charge in [0.15, 0.2) is 5.79 Å². The maximum Gasteiger partial charge on any atom is 0.305 e. The number of hydrogen-bond donors (Lipinski definition) is 1. The molecule has 0 aromatic rings. The van der Waals surface area contributed by atoms with Crippen LogP contribution in [0, 0.1) is 0 Å². The maximum absolute atomic E-state index is 10.9. The van der Waals surface area contributed by atoms with Crippen LogP contribution in [0.5, 0.6) is 0 Å². The number of methoxy groups -OCH3 is 1. The zero-order valence-electron chi connectivity index (χ0n) is 15.1. The summed E-state index contributed by atoms with van der Waals surface area (Å²) < 4.78 is 10.1. The van der Waals surface area contributed by atoms with Crippen molar-refractivity contribution in [3.63, 3.8) is 0 Å². The molecule has 1 N–H and O–H groups in total. The molecule has 2 atom stereocenters. The van der Waals surface area contributed by atoms with Crippen LogP contribution in [-0.4, -0.2) is 30.1 Å². The Kier molecular flexibility index (Phi) is 10.5. The van der Waals surface area contributed by atoms with E-state index in [-0.39, 0.29) is 12.1 Å². The van der Waals surface area contributed by atoms with Gasteiger partial charge in [-0.05, 0) is 19.3 Å². The highest BCUT2D eigenvalue weighted by atomic mass is 16.7. The number of ether oxygens (including phenoxy) is 2. The SMILES string of the molecule is CCCCCC1(O)OC1CCCCCCCCCCC(=O)OC. The predicted octanol–water partition coefficient (Wildman–Crippen LogP) is 4.73. The summed E-state index contributed by atoms with van der Waals surface area (Å²) >= 11 is 0. The van der Waals surface area contributed by atoms with E-state index in [0.29, 0.717) is 6.42 Å². The standard InChI is InChI=1S/C19H36O4/c1-3-4-13-16-19(21)17(23-19)14-11-9-7-5-6-8-10-12-15-18(20)22-2/h17,21H,3-16H2,1-2H3. The van der Waals surface area contributed by atoms with Crippen LogP contribution in [0.3, 0.4) is 0 Å². The normalized spacial score (nSPS) is 23.0. The molecule has 0 saturated carbocycles. The molecule has 0 aromatic carbocycles. The third kappa shape index (κ3) is 9.31. The first-order valence-corrected chi connectivity index (χ1v) is 9.59. The fourth-order valence-corrected chi connectivity index (χ4v) is 3.11. The molecule has 2 unspecified atom stereocenters. The van der Waals surface area contributed by atoms with Gasteiger partial charge in [0.2, 0.25) is 0 Å². The van der Waals surface area contributed by atoms with Crippen LogP contribution in [0.2, 0.25) is 0 Å². The maximum atomic E-state index is 10.9. The first kappa shape index (κ1) is 20.4. The van der Waals surface area contributed by atoms with Crippen LogP contribution in [-0.2, 0) is 14.3 Å². The molecule has 23 heavy (non-hydrogen) atoms. The second kappa shape index (κ2) is 11.9. The van der Waals surface area contributed by atoms with E-state index in [0.717, 1.165) is 38.5 Å². The molecular weight excluding hydrogens is 292 g/mol. The molecule has 4 nitrogen and oxygen atoms in total. The molecule has 1 fully saturated rings. The van der Waals surface area contributed by atoms with Crippen molar-refractivity contribution in [1.82, 2.24) is 0 Å². The minimum absolute atomic E-state index is 0.0951. The number of hydrogen-bond acceptors (Lipinski definition) is 4.